The lowest BCUT2D eigenvalue weighted by Crippen LogP contribution is -2.28. The Bertz CT molecular complexity index is 522. The van der Waals surface area contributed by atoms with Crippen LogP contribution in [0.1, 0.15) is 44.2 Å². The zero-order valence-corrected chi connectivity index (χ0v) is 11.4. The molecule has 0 aliphatic heterocycles. The Balaban J connectivity index is 1.71. The Morgan fingerprint density at radius 2 is 1.79 bits per heavy atom. The number of rotatable bonds is 3. The van der Waals surface area contributed by atoms with Crippen LogP contribution in [0.25, 0.3) is 10.8 Å². The van der Waals surface area contributed by atoms with Gasteiger partial charge in [-0.15, -0.1) is 0 Å². The number of fused-ring (bicyclic) bond motifs is 1. The average Bonchev–Trinajstić information content (AvgIpc) is 2.74. The fourth-order valence-electron chi connectivity index (χ4n) is 3.05. The highest BCUT2D eigenvalue weighted by Gasteiger charge is 2.12. The molecule has 100 valence electrons. The minimum absolute atomic E-state index is 0.684. The lowest BCUT2D eigenvalue weighted by molar-refractivity contribution is 0.457. The van der Waals surface area contributed by atoms with Crippen molar-refractivity contribution in [2.45, 2.75) is 51.1 Å². The van der Waals surface area contributed by atoms with E-state index in [1.165, 1.54) is 55.0 Å². The smallest absolute Gasteiger partial charge is 0.0619 e. The van der Waals surface area contributed by atoms with Crippen molar-refractivity contribution in [3.8, 4) is 0 Å². The topological polar surface area (TPSA) is 24.9 Å². The molecular weight excluding hydrogens is 232 g/mol. The third kappa shape index (κ3) is 3.13. The molecule has 19 heavy (non-hydrogen) atoms. The molecule has 1 N–H and O–H groups in total. The Hall–Kier alpha value is -1.41. The van der Waals surface area contributed by atoms with E-state index in [-0.39, 0.29) is 0 Å². The summed E-state index contributed by atoms with van der Waals surface area (Å²) in [6.45, 7) is 0.895. The fraction of sp³-hybridized carbons (Fsp3) is 0.471. The van der Waals surface area contributed by atoms with Gasteiger partial charge in [0.15, 0.2) is 0 Å². The molecule has 0 amide bonds. The second-order valence-electron chi connectivity index (χ2n) is 5.55. The number of pyridine rings is 1. The lowest BCUT2D eigenvalue weighted by Gasteiger charge is -2.16. The first-order chi connectivity index (χ1) is 9.43. The molecule has 2 heteroatoms. The van der Waals surface area contributed by atoms with E-state index in [0.29, 0.717) is 6.04 Å². The van der Waals surface area contributed by atoms with Gasteiger partial charge in [-0.2, -0.15) is 0 Å². The van der Waals surface area contributed by atoms with E-state index in [1.807, 2.05) is 6.20 Å². The summed E-state index contributed by atoms with van der Waals surface area (Å²) in [6.07, 6.45) is 10.1. The Morgan fingerprint density at radius 1 is 1.00 bits per heavy atom. The molecule has 2 aromatic rings. The first kappa shape index (κ1) is 12.6. The molecule has 0 radical (unpaired) electrons. The van der Waals surface area contributed by atoms with Crippen LogP contribution >= 0.6 is 0 Å². The molecule has 1 saturated carbocycles. The van der Waals surface area contributed by atoms with E-state index in [0.717, 1.165) is 6.54 Å². The lowest BCUT2D eigenvalue weighted by atomic mass is 10.1. The molecule has 1 fully saturated rings. The standard InChI is InChI=1S/C17H22N2/c1-2-4-9-15(8-3-1)19-13-17-16-10-6-5-7-14(16)11-12-18-17/h5-7,10-12,15,19H,1-4,8-9,13H2. The van der Waals surface area contributed by atoms with E-state index >= 15 is 0 Å². The maximum absolute atomic E-state index is 4.55. The van der Waals surface area contributed by atoms with Crippen molar-refractivity contribution in [3.05, 3.63) is 42.2 Å². The summed E-state index contributed by atoms with van der Waals surface area (Å²) < 4.78 is 0. The van der Waals surface area contributed by atoms with Gasteiger partial charge in [0.25, 0.3) is 0 Å². The highest BCUT2D eigenvalue weighted by molar-refractivity contribution is 5.84. The highest BCUT2D eigenvalue weighted by atomic mass is 14.9. The van der Waals surface area contributed by atoms with E-state index < -0.39 is 0 Å². The number of aromatic nitrogens is 1. The fourth-order valence-corrected chi connectivity index (χ4v) is 3.05. The molecule has 1 aromatic heterocycles. The summed E-state index contributed by atoms with van der Waals surface area (Å²) in [4.78, 5) is 4.55. The van der Waals surface area contributed by atoms with E-state index in [1.54, 1.807) is 0 Å². The Labute approximate surface area is 115 Å². The predicted molar refractivity (Wildman–Crippen MR) is 80.1 cm³/mol. The van der Waals surface area contributed by atoms with E-state index in [2.05, 4.69) is 40.6 Å². The van der Waals surface area contributed by atoms with Crippen LogP contribution in [-0.4, -0.2) is 11.0 Å². The maximum atomic E-state index is 4.55. The monoisotopic (exact) mass is 254 g/mol. The van der Waals surface area contributed by atoms with Gasteiger partial charge in [-0.25, -0.2) is 0 Å². The van der Waals surface area contributed by atoms with Crippen LogP contribution < -0.4 is 5.32 Å². The number of benzene rings is 1. The van der Waals surface area contributed by atoms with Crippen LogP contribution in [0.5, 0.6) is 0 Å². The molecule has 1 aliphatic rings. The molecule has 3 rings (SSSR count). The van der Waals surface area contributed by atoms with Gasteiger partial charge in [0.05, 0.1) is 5.69 Å². The zero-order chi connectivity index (χ0) is 12.9. The molecule has 0 atom stereocenters. The summed E-state index contributed by atoms with van der Waals surface area (Å²) >= 11 is 0. The van der Waals surface area contributed by atoms with Crippen molar-refractivity contribution in [2.24, 2.45) is 0 Å². The first-order valence-corrected chi connectivity index (χ1v) is 7.49. The third-order valence-electron chi connectivity index (χ3n) is 4.17. The Morgan fingerprint density at radius 3 is 2.63 bits per heavy atom. The van der Waals surface area contributed by atoms with Gasteiger partial charge in [0.1, 0.15) is 0 Å². The van der Waals surface area contributed by atoms with Gasteiger partial charge < -0.3 is 5.32 Å². The van der Waals surface area contributed by atoms with Crippen molar-refractivity contribution in [2.75, 3.05) is 0 Å². The highest BCUT2D eigenvalue weighted by Crippen LogP contribution is 2.19. The summed E-state index contributed by atoms with van der Waals surface area (Å²) in [5.74, 6) is 0. The van der Waals surface area contributed by atoms with E-state index in [9.17, 15) is 0 Å². The van der Waals surface area contributed by atoms with Crippen LogP contribution in [0.2, 0.25) is 0 Å². The van der Waals surface area contributed by atoms with Gasteiger partial charge in [-0.05, 0) is 24.3 Å². The second kappa shape index (κ2) is 6.16. The molecule has 1 heterocycles. The SMILES string of the molecule is c1ccc2c(CNC3CCCCCC3)nccc2c1. The van der Waals surface area contributed by atoms with E-state index in [4.69, 9.17) is 0 Å². The molecule has 1 aliphatic carbocycles. The second-order valence-corrected chi connectivity index (χ2v) is 5.55. The minimum Gasteiger partial charge on any atom is -0.308 e. The zero-order valence-electron chi connectivity index (χ0n) is 11.4. The minimum atomic E-state index is 0.684. The quantitative estimate of drug-likeness (QED) is 0.836. The molecule has 0 unspecified atom stereocenters. The molecule has 0 spiro atoms. The number of hydrogen-bond acceptors (Lipinski definition) is 2. The molecule has 0 bridgehead atoms. The van der Waals surface area contributed by atoms with Gasteiger partial charge >= 0.3 is 0 Å². The first-order valence-electron chi connectivity index (χ1n) is 7.49. The molecule has 2 nitrogen and oxygen atoms in total. The van der Waals surface area contributed by atoms with Crippen molar-refractivity contribution >= 4 is 10.8 Å². The van der Waals surface area contributed by atoms with Gasteiger partial charge in [-0.1, -0.05) is 49.9 Å². The number of nitrogens with zero attached hydrogens (tertiary/aromatic N) is 1. The largest absolute Gasteiger partial charge is 0.308 e. The summed E-state index contributed by atoms with van der Waals surface area (Å²) in [6, 6.07) is 11.3. The third-order valence-corrected chi connectivity index (χ3v) is 4.17. The normalized spacial score (nSPS) is 17.5. The van der Waals surface area contributed by atoms with Crippen LogP contribution in [0, 0.1) is 0 Å². The van der Waals surface area contributed by atoms with Crippen molar-refractivity contribution in [1.82, 2.24) is 10.3 Å². The summed E-state index contributed by atoms with van der Waals surface area (Å²) in [7, 11) is 0. The van der Waals surface area contributed by atoms with Crippen molar-refractivity contribution in [3.63, 3.8) is 0 Å². The predicted octanol–water partition coefficient (Wildman–Crippen LogP) is 4.05. The van der Waals surface area contributed by atoms with Gasteiger partial charge in [0.2, 0.25) is 0 Å². The number of hydrogen-bond donors (Lipinski definition) is 1. The maximum Gasteiger partial charge on any atom is 0.0619 e. The molecule has 1 aromatic carbocycles. The molecule has 0 saturated heterocycles. The van der Waals surface area contributed by atoms with Crippen molar-refractivity contribution in [1.29, 1.82) is 0 Å². The molecular formula is C17H22N2. The van der Waals surface area contributed by atoms with Gasteiger partial charge in [0, 0.05) is 24.2 Å². The number of nitrogens with one attached hydrogen (secondary N) is 1. The van der Waals surface area contributed by atoms with Crippen LogP contribution in [0.3, 0.4) is 0 Å². The van der Waals surface area contributed by atoms with Gasteiger partial charge in [-0.3, -0.25) is 4.98 Å². The summed E-state index contributed by atoms with van der Waals surface area (Å²) in [5.41, 5.74) is 1.18. The van der Waals surface area contributed by atoms with Crippen molar-refractivity contribution < 1.29 is 0 Å². The summed E-state index contributed by atoms with van der Waals surface area (Å²) in [5, 5.41) is 6.28. The Kier molecular flexibility index (Phi) is 4.09. The van der Waals surface area contributed by atoms with Crippen LogP contribution in [-0.2, 0) is 6.54 Å². The van der Waals surface area contributed by atoms with Crippen LogP contribution in [0.15, 0.2) is 36.5 Å². The van der Waals surface area contributed by atoms with Crippen LogP contribution in [0.4, 0.5) is 0 Å². The average molecular weight is 254 g/mol.